The molecule has 2 aromatic carbocycles. The molecule has 19 N–H and O–H groups in total. The number of aliphatic hydroxyl groups excluding tert-OH is 1. The number of carboxylic acid groups (broad SMARTS) is 2. The molecule has 1 fully saturated rings. The summed E-state index contributed by atoms with van der Waals surface area (Å²) in [5, 5.41) is 68.8. The molecular weight excluding hydrogens is 1200 g/mol. The van der Waals surface area contributed by atoms with Crippen LogP contribution in [0.25, 0.3) is 10.9 Å². The third kappa shape index (κ3) is 24.0. The van der Waals surface area contributed by atoms with E-state index in [1.54, 1.807) is 58.2 Å². The van der Waals surface area contributed by atoms with Gasteiger partial charge in [0.25, 0.3) is 11.4 Å². The van der Waals surface area contributed by atoms with Gasteiger partial charge in [-0.25, -0.2) is 9.59 Å². The summed E-state index contributed by atoms with van der Waals surface area (Å²) in [4.78, 5) is 154. The maximum absolute atomic E-state index is 14.4. The Hall–Kier alpha value is -9.90. The molecule has 0 bridgehead atoms. The van der Waals surface area contributed by atoms with Crippen LogP contribution in [0.2, 0.25) is 0 Å². The number of nitrogens with two attached hydrogens (primary N) is 4. The predicted molar refractivity (Wildman–Crippen MR) is 318 cm³/mol. The van der Waals surface area contributed by atoms with Crippen LogP contribution in [-0.4, -0.2) is 181 Å². The molecule has 36 heteroatoms. The largest absolute Gasteiger partial charge is 0.490 e. The number of carbonyl (C=O) groups is 9. The first kappa shape index (κ1) is 74.4. The van der Waals surface area contributed by atoms with E-state index in [2.05, 4.69) is 52.2 Å². The van der Waals surface area contributed by atoms with Crippen LogP contribution in [-0.2, 0) is 49.6 Å². The van der Waals surface area contributed by atoms with Gasteiger partial charge in [0, 0.05) is 49.2 Å². The molecular formula is C54H78F3N17O16. The summed E-state index contributed by atoms with van der Waals surface area (Å²) >= 11 is 0. The molecule has 496 valence electrons. The van der Waals surface area contributed by atoms with Crippen LogP contribution < -0.4 is 60.2 Å². The minimum Gasteiger partial charge on any atom is -0.480 e. The normalized spacial score (nSPS) is 15.2. The van der Waals surface area contributed by atoms with Crippen molar-refractivity contribution in [1.82, 2.24) is 41.8 Å². The van der Waals surface area contributed by atoms with Crippen LogP contribution in [0.4, 0.5) is 30.2 Å². The van der Waals surface area contributed by atoms with Crippen molar-refractivity contribution in [3.63, 3.8) is 0 Å². The smallest absolute Gasteiger partial charge is 0.480 e. The highest BCUT2D eigenvalue weighted by molar-refractivity contribution is 5.98. The summed E-state index contributed by atoms with van der Waals surface area (Å²) < 4.78 is 31.7. The number of halogens is 3. The first-order chi connectivity index (χ1) is 42.1. The van der Waals surface area contributed by atoms with E-state index < -0.39 is 136 Å². The minimum absolute atomic E-state index is 0.00231. The van der Waals surface area contributed by atoms with Crippen LogP contribution in [0.5, 0.6) is 0 Å². The molecule has 3 aromatic rings. The van der Waals surface area contributed by atoms with Crippen molar-refractivity contribution in [2.45, 2.75) is 147 Å². The number of alkyl halides is 3. The summed E-state index contributed by atoms with van der Waals surface area (Å²) in [6, 6.07) is -0.724. The molecule has 2 heterocycles. The number of nitro benzene ring substituents is 2. The molecule has 1 aliphatic heterocycles. The van der Waals surface area contributed by atoms with Crippen molar-refractivity contribution >= 4 is 93.2 Å². The molecule has 4 rings (SSSR count). The number of hydrogen-bond acceptors (Lipinski definition) is 17. The highest BCUT2D eigenvalue weighted by Crippen LogP contribution is 2.31. The lowest BCUT2D eigenvalue weighted by molar-refractivity contribution is -0.393. The number of nitrogens with one attached hydrogen (secondary N) is 8. The molecule has 0 radical (unpaired) electrons. The van der Waals surface area contributed by atoms with E-state index in [4.69, 9.17) is 32.8 Å². The van der Waals surface area contributed by atoms with Gasteiger partial charge in [-0.3, -0.25) is 63.8 Å². The van der Waals surface area contributed by atoms with E-state index in [1.807, 2.05) is 0 Å². The van der Waals surface area contributed by atoms with Crippen LogP contribution in [0.15, 0.2) is 58.6 Å². The lowest BCUT2D eigenvalue weighted by atomic mass is 10.00. The van der Waals surface area contributed by atoms with Gasteiger partial charge in [-0.2, -0.15) is 13.2 Å². The van der Waals surface area contributed by atoms with Gasteiger partial charge >= 0.3 is 18.1 Å². The number of nitro groups is 2. The number of carbonyl (C=O) groups excluding carboxylic acids is 7. The second-order valence-electron chi connectivity index (χ2n) is 21.7. The van der Waals surface area contributed by atoms with Crippen molar-refractivity contribution in [2.75, 3.05) is 31.6 Å². The monoisotopic (exact) mass is 1280 g/mol. The van der Waals surface area contributed by atoms with Gasteiger partial charge in [-0.15, -0.1) is 0 Å². The minimum atomic E-state index is -5.08. The Labute approximate surface area is 512 Å². The van der Waals surface area contributed by atoms with Gasteiger partial charge in [0.1, 0.15) is 54.0 Å². The van der Waals surface area contributed by atoms with E-state index in [1.165, 1.54) is 11.8 Å². The standard InChI is InChI=1S/C52H77N17O14.C2HF3O2/c1-27(2)21-37(65-48(76)41-15-10-20-67(41)49(77)36(14-9-19-58-52(55)56)61-34-17-16-31(68(80)81)24-42(34)69(82)83)45(73)60-29(5)43(71)63-38(22-28(3)4)46(74)64-39(23-30-25-59-33-12-7-6-11-32(30)33)47(75)62-35(13-8-18-57-51(53)54)44(72)66-40(26-70)50(78)79;3-2(4,5)1(6)7/h6-7,11-12,16-17,24-25,27-29,35-41,59,61,70H,8-10,13-15,18-23,26H2,1-5H3,(H,60,73)(H,62,75)(H,63,71)(H,64,74)(H,65,76)(H,66,72)(H,78,79)(H4,53,54,57)(H4,55,56,58);(H,6,7)/t29-,35-,36-,37-,38-,39-,40-,41-;/m0./s1. The number of amides is 7. The number of carboxylic acids is 2. The van der Waals surface area contributed by atoms with E-state index >= 15 is 0 Å². The summed E-state index contributed by atoms with van der Waals surface area (Å²) in [5.41, 5.74) is 21.7. The summed E-state index contributed by atoms with van der Waals surface area (Å²) in [7, 11) is 0. The lowest BCUT2D eigenvalue weighted by Crippen LogP contribution is -2.60. The number of aliphatic hydroxyl groups is 1. The SMILES string of the molecule is CC(C)C[C@H](NC(=O)[C@H](C)NC(=O)[C@H](CC(C)C)NC(=O)[C@@H]1CCCN1C(=O)[C@H](CCCN=C(N)N)Nc1ccc([N+](=O)[O-])cc1[N+](=O)[O-])C(=O)N[C@@H](Cc1c[nH]c2ccccc12)C(=O)N[C@@H](CCCN=C(N)N)C(=O)N[C@@H](CO)C(=O)O.O=C(O)C(F)(F)F. The van der Waals surface area contributed by atoms with Gasteiger partial charge in [0.15, 0.2) is 11.9 Å². The second-order valence-corrected chi connectivity index (χ2v) is 21.7. The van der Waals surface area contributed by atoms with E-state index in [0.29, 0.717) is 22.9 Å². The number of aromatic nitrogens is 1. The van der Waals surface area contributed by atoms with Gasteiger partial charge in [-0.05, 0) is 87.8 Å². The van der Waals surface area contributed by atoms with Gasteiger partial charge < -0.3 is 85.4 Å². The number of likely N-dealkylation sites (tertiary alicyclic amines) is 1. The Bertz CT molecular complexity index is 3100. The highest BCUT2D eigenvalue weighted by atomic mass is 19.4. The summed E-state index contributed by atoms with van der Waals surface area (Å²) in [6.45, 7) is 7.74. The summed E-state index contributed by atoms with van der Waals surface area (Å²) in [5.74, 6) is -10.8. The number of hydrogen-bond donors (Lipinski definition) is 15. The molecule has 8 atom stereocenters. The predicted octanol–water partition coefficient (Wildman–Crippen LogP) is -0.163. The Morgan fingerprint density at radius 1 is 0.700 bits per heavy atom. The molecule has 0 saturated carbocycles. The van der Waals surface area contributed by atoms with Crippen molar-refractivity contribution in [2.24, 2.45) is 44.8 Å². The first-order valence-electron chi connectivity index (χ1n) is 28.3. The fourth-order valence-electron chi connectivity index (χ4n) is 9.21. The Morgan fingerprint density at radius 2 is 1.21 bits per heavy atom. The van der Waals surface area contributed by atoms with Gasteiger partial charge in [0.05, 0.1) is 22.5 Å². The van der Waals surface area contributed by atoms with E-state index in [-0.39, 0.29) is 100 Å². The van der Waals surface area contributed by atoms with Crippen LogP contribution in [0, 0.1) is 32.1 Å². The van der Waals surface area contributed by atoms with E-state index in [0.717, 1.165) is 18.2 Å². The lowest BCUT2D eigenvalue weighted by Gasteiger charge is -2.30. The number of fused-ring (bicyclic) bond motifs is 1. The zero-order valence-corrected chi connectivity index (χ0v) is 49.9. The Kier molecular flexibility index (Phi) is 29.1. The maximum atomic E-state index is 14.4. The van der Waals surface area contributed by atoms with Crippen LogP contribution >= 0.6 is 0 Å². The number of guanidine groups is 2. The molecule has 1 saturated heterocycles. The van der Waals surface area contributed by atoms with E-state index in [9.17, 15) is 82.0 Å². The molecule has 1 aromatic heterocycles. The average molecular weight is 1280 g/mol. The summed E-state index contributed by atoms with van der Waals surface area (Å²) in [6.07, 6.45) is -2.73. The van der Waals surface area contributed by atoms with Crippen molar-refractivity contribution in [1.29, 1.82) is 0 Å². The molecule has 0 unspecified atom stereocenters. The molecule has 33 nitrogen and oxygen atoms in total. The third-order valence-electron chi connectivity index (χ3n) is 13.6. The van der Waals surface area contributed by atoms with Crippen LogP contribution in [0.3, 0.4) is 0 Å². The van der Waals surface area contributed by atoms with Crippen LogP contribution in [0.1, 0.15) is 91.5 Å². The molecule has 0 spiro atoms. The zero-order valence-electron chi connectivity index (χ0n) is 49.9. The number of rotatable bonds is 33. The Morgan fingerprint density at radius 3 is 1.74 bits per heavy atom. The van der Waals surface area contributed by atoms with Gasteiger partial charge in [-0.1, -0.05) is 45.9 Å². The second kappa shape index (κ2) is 35.2. The quantitative estimate of drug-likeness (QED) is 0.0124. The fourth-order valence-corrected chi connectivity index (χ4v) is 9.21. The third-order valence-corrected chi connectivity index (χ3v) is 13.6. The first-order valence-corrected chi connectivity index (χ1v) is 28.3. The number of nitrogens with zero attached hydrogens (tertiary/aromatic N) is 5. The van der Waals surface area contributed by atoms with Crippen molar-refractivity contribution in [3.05, 3.63) is 74.5 Å². The number of aliphatic imine (C=N–C) groups is 2. The number of aromatic amines is 1. The number of H-pyrrole nitrogens is 1. The number of non-ortho nitro benzene ring substituents is 1. The molecule has 90 heavy (non-hydrogen) atoms. The molecule has 1 aliphatic rings. The average Bonchev–Trinajstić information content (AvgIpc) is 1.68. The molecule has 0 aliphatic carbocycles. The fraction of sp³-hybridized carbons (Fsp3) is 0.537. The molecule has 7 amide bonds. The number of benzene rings is 2. The topological polar surface area (TPSA) is 533 Å². The van der Waals surface area contributed by atoms with Crippen molar-refractivity contribution in [3.8, 4) is 0 Å². The number of para-hydroxylation sites is 1. The van der Waals surface area contributed by atoms with Gasteiger partial charge in [0.2, 0.25) is 41.4 Å². The van der Waals surface area contributed by atoms with Crippen molar-refractivity contribution < 1.29 is 81.5 Å². The maximum Gasteiger partial charge on any atom is 0.490 e. The number of anilines is 1. The zero-order chi connectivity index (χ0) is 67.7. The highest BCUT2D eigenvalue weighted by Gasteiger charge is 2.41. The Balaban J connectivity index is 0.00000284. The number of aliphatic carboxylic acids is 2.